The van der Waals surface area contributed by atoms with Gasteiger partial charge in [0.2, 0.25) is 10.0 Å². The molecule has 1 atom stereocenters. The van der Waals surface area contributed by atoms with Gasteiger partial charge in [0.05, 0.1) is 37.4 Å². The first-order chi connectivity index (χ1) is 16.4. The summed E-state index contributed by atoms with van der Waals surface area (Å²) in [5, 5.41) is 2.94. The molecule has 4 rings (SSSR count). The largest absolute Gasteiger partial charge is 0.379 e. The van der Waals surface area contributed by atoms with Crippen LogP contribution in [0.1, 0.15) is 27.5 Å². The van der Waals surface area contributed by atoms with Crippen LogP contribution in [0.25, 0.3) is 0 Å². The first-order valence-corrected chi connectivity index (χ1v) is 12.8. The Kier molecular flexibility index (Phi) is 7.95. The summed E-state index contributed by atoms with van der Waals surface area (Å²) in [6.07, 6.45) is 0. The van der Waals surface area contributed by atoms with Crippen LogP contribution < -0.4 is 5.32 Å². The lowest BCUT2D eigenvalue weighted by molar-refractivity contribution is 0.0162. The van der Waals surface area contributed by atoms with Crippen LogP contribution in [0.5, 0.6) is 0 Å². The molecule has 2 aromatic carbocycles. The van der Waals surface area contributed by atoms with E-state index in [-0.39, 0.29) is 41.3 Å². The number of benzene rings is 2. The SMILES string of the molecule is Cc1ccc(C(=O)NC[C@H](c2ccc(F)cc2)N2CCOCC2)cc1S(=O)(=O)N1CCOCC1. The van der Waals surface area contributed by atoms with Gasteiger partial charge in [-0.2, -0.15) is 4.31 Å². The topological polar surface area (TPSA) is 88.2 Å². The quantitative estimate of drug-likeness (QED) is 0.637. The van der Waals surface area contributed by atoms with Crippen LogP contribution >= 0.6 is 0 Å². The maximum Gasteiger partial charge on any atom is 0.251 e. The zero-order valence-electron chi connectivity index (χ0n) is 19.2. The predicted octanol–water partition coefficient (Wildman–Crippen LogP) is 1.96. The van der Waals surface area contributed by atoms with Gasteiger partial charge in [0, 0.05) is 38.3 Å². The number of sulfonamides is 1. The molecule has 2 aromatic rings. The molecule has 0 unspecified atom stereocenters. The van der Waals surface area contributed by atoms with E-state index in [1.165, 1.54) is 22.5 Å². The molecule has 1 amide bonds. The Morgan fingerprint density at radius 3 is 2.26 bits per heavy atom. The fourth-order valence-corrected chi connectivity index (χ4v) is 5.93. The van der Waals surface area contributed by atoms with Crippen LogP contribution in [0.3, 0.4) is 0 Å². The number of nitrogens with one attached hydrogen (secondary N) is 1. The van der Waals surface area contributed by atoms with Gasteiger partial charge in [-0.25, -0.2) is 12.8 Å². The number of ether oxygens (including phenoxy) is 2. The molecule has 2 aliphatic heterocycles. The average Bonchev–Trinajstić information content (AvgIpc) is 2.86. The number of amides is 1. The second-order valence-corrected chi connectivity index (χ2v) is 10.3. The third kappa shape index (κ3) is 5.64. The molecule has 0 aliphatic carbocycles. The van der Waals surface area contributed by atoms with E-state index in [9.17, 15) is 17.6 Å². The maximum atomic E-state index is 13.5. The normalized spacial score (nSPS) is 19.0. The standard InChI is InChI=1S/C24H30FN3O5S/c1-18-2-3-20(16-23(18)34(30,31)28-10-14-33-15-11-28)24(29)26-17-22(27-8-12-32-13-9-27)19-4-6-21(25)7-5-19/h2-7,16,22H,8-15,17H2,1H3,(H,26,29)/t22-/m1/s1. The van der Waals surface area contributed by atoms with Crippen molar-refractivity contribution in [3.63, 3.8) is 0 Å². The molecule has 184 valence electrons. The molecule has 8 nitrogen and oxygen atoms in total. The molecule has 0 spiro atoms. The summed E-state index contributed by atoms with van der Waals surface area (Å²) in [6.45, 7) is 5.87. The van der Waals surface area contributed by atoms with Crippen LogP contribution in [0.15, 0.2) is 47.4 Å². The summed E-state index contributed by atoms with van der Waals surface area (Å²) in [5.74, 6) is -0.680. The minimum absolute atomic E-state index is 0.130. The highest BCUT2D eigenvalue weighted by molar-refractivity contribution is 7.89. The van der Waals surface area contributed by atoms with Gasteiger partial charge in [0.25, 0.3) is 5.91 Å². The Labute approximate surface area is 199 Å². The van der Waals surface area contributed by atoms with Gasteiger partial charge < -0.3 is 14.8 Å². The van der Waals surface area contributed by atoms with E-state index in [2.05, 4.69) is 10.2 Å². The Hall–Kier alpha value is -2.37. The highest BCUT2D eigenvalue weighted by atomic mass is 32.2. The summed E-state index contributed by atoms with van der Waals surface area (Å²) in [4.78, 5) is 15.4. The predicted molar refractivity (Wildman–Crippen MR) is 125 cm³/mol. The summed E-state index contributed by atoms with van der Waals surface area (Å²) in [7, 11) is -3.73. The molecular formula is C24H30FN3O5S. The summed E-state index contributed by atoms with van der Waals surface area (Å²) >= 11 is 0. The zero-order valence-corrected chi connectivity index (χ0v) is 20.0. The first-order valence-electron chi connectivity index (χ1n) is 11.4. The molecule has 2 saturated heterocycles. The van der Waals surface area contributed by atoms with Crippen molar-refractivity contribution in [1.82, 2.24) is 14.5 Å². The number of rotatable bonds is 7. The lowest BCUT2D eigenvalue weighted by atomic mass is 10.0. The molecule has 2 fully saturated rings. The zero-order chi connectivity index (χ0) is 24.1. The maximum absolute atomic E-state index is 13.5. The molecule has 2 aliphatic rings. The van der Waals surface area contributed by atoms with Crippen LogP contribution in [-0.2, 0) is 19.5 Å². The van der Waals surface area contributed by atoms with E-state index >= 15 is 0 Å². The number of hydrogen-bond donors (Lipinski definition) is 1. The number of halogens is 1. The molecule has 34 heavy (non-hydrogen) atoms. The number of carbonyl (C=O) groups excluding carboxylic acids is 1. The van der Waals surface area contributed by atoms with Gasteiger partial charge in [-0.3, -0.25) is 9.69 Å². The van der Waals surface area contributed by atoms with E-state index in [0.717, 1.165) is 5.56 Å². The highest BCUT2D eigenvalue weighted by Gasteiger charge is 2.29. The Morgan fingerprint density at radius 2 is 1.62 bits per heavy atom. The smallest absolute Gasteiger partial charge is 0.251 e. The Morgan fingerprint density at radius 1 is 1.00 bits per heavy atom. The van der Waals surface area contributed by atoms with Gasteiger partial charge in [-0.05, 0) is 42.3 Å². The second-order valence-electron chi connectivity index (χ2n) is 8.42. The molecule has 0 radical (unpaired) electrons. The van der Waals surface area contributed by atoms with Crippen molar-refractivity contribution >= 4 is 15.9 Å². The monoisotopic (exact) mass is 491 g/mol. The molecular weight excluding hydrogens is 461 g/mol. The lowest BCUT2D eigenvalue weighted by Gasteiger charge is -2.35. The van der Waals surface area contributed by atoms with Crippen molar-refractivity contribution < 1.29 is 27.1 Å². The minimum atomic E-state index is -3.73. The van der Waals surface area contributed by atoms with E-state index in [0.29, 0.717) is 51.6 Å². The fraction of sp³-hybridized carbons (Fsp3) is 0.458. The number of aryl methyl sites for hydroxylation is 1. The molecule has 1 N–H and O–H groups in total. The fourth-order valence-electron chi connectivity index (χ4n) is 4.27. The lowest BCUT2D eigenvalue weighted by Crippen LogP contribution is -2.44. The minimum Gasteiger partial charge on any atom is -0.379 e. The second kappa shape index (κ2) is 10.9. The van der Waals surface area contributed by atoms with Crippen molar-refractivity contribution in [1.29, 1.82) is 0 Å². The van der Waals surface area contributed by atoms with E-state index in [1.54, 1.807) is 31.2 Å². The van der Waals surface area contributed by atoms with Gasteiger partial charge in [0.1, 0.15) is 5.82 Å². The van der Waals surface area contributed by atoms with Gasteiger partial charge in [0.15, 0.2) is 0 Å². The summed E-state index contributed by atoms with van der Waals surface area (Å²) in [5.41, 5.74) is 1.75. The van der Waals surface area contributed by atoms with E-state index in [1.807, 2.05) is 0 Å². The van der Waals surface area contributed by atoms with Crippen molar-refractivity contribution in [2.24, 2.45) is 0 Å². The number of morpholine rings is 2. The van der Waals surface area contributed by atoms with Crippen LogP contribution in [0.2, 0.25) is 0 Å². The van der Waals surface area contributed by atoms with Crippen LogP contribution in [-0.4, -0.2) is 82.7 Å². The summed E-state index contributed by atoms with van der Waals surface area (Å²) in [6, 6.07) is 10.8. The molecule has 0 saturated carbocycles. The van der Waals surface area contributed by atoms with Crippen molar-refractivity contribution in [3.05, 3.63) is 65.0 Å². The number of hydrogen-bond acceptors (Lipinski definition) is 6. The highest BCUT2D eigenvalue weighted by Crippen LogP contribution is 2.24. The Balaban J connectivity index is 1.51. The molecule has 0 bridgehead atoms. The van der Waals surface area contributed by atoms with E-state index in [4.69, 9.17) is 9.47 Å². The van der Waals surface area contributed by atoms with E-state index < -0.39 is 10.0 Å². The van der Waals surface area contributed by atoms with Gasteiger partial charge in [-0.15, -0.1) is 0 Å². The number of carbonyl (C=O) groups is 1. The molecule has 2 heterocycles. The van der Waals surface area contributed by atoms with Crippen molar-refractivity contribution in [2.75, 3.05) is 59.2 Å². The number of nitrogens with zero attached hydrogens (tertiary/aromatic N) is 2. The average molecular weight is 492 g/mol. The summed E-state index contributed by atoms with van der Waals surface area (Å²) < 4.78 is 51.9. The third-order valence-corrected chi connectivity index (χ3v) is 8.28. The molecule has 0 aromatic heterocycles. The molecule has 10 heteroatoms. The van der Waals surface area contributed by atoms with Crippen molar-refractivity contribution in [3.8, 4) is 0 Å². The Bertz CT molecular complexity index is 1100. The third-order valence-electron chi connectivity index (χ3n) is 6.24. The van der Waals surface area contributed by atoms with Gasteiger partial charge in [-0.1, -0.05) is 18.2 Å². The first kappa shape index (κ1) is 24.7. The van der Waals surface area contributed by atoms with Gasteiger partial charge >= 0.3 is 0 Å². The van der Waals surface area contributed by atoms with Crippen LogP contribution in [0.4, 0.5) is 4.39 Å². The van der Waals surface area contributed by atoms with Crippen molar-refractivity contribution in [2.45, 2.75) is 17.9 Å². The van der Waals surface area contributed by atoms with Crippen LogP contribution in [0, 0.1) is 12.7 Å².